The van der Waals surface area contributed by atoms with E-state index in [4.69, 9.17) is 5.73 Å². The summed E-state index contributed by atoms with van der Waals surface area (Å²) in [6.07, 6.45) is -4.36. The normalized spacial score (nSPS) is 20.2. The van der Waals surface area contributed by atoms with E-state index in [9.17, 15) is 18.0 Å². The maximum atomic E-state index is 12.9. The van der Waals surface area contributed by atoms with Gasteiger partial charge in [-0.3, -0.25) is 9.69 Å². The second kappa shape index (κ2) is 6.31. The molecule has 5 nitrogen and oxygen atoms in total. The van der Waals surface area contributed by atoms with Gasteiger partial charge in [-0.15, -0.1) is 0 Å². The van der Waals surface area contributed by atoms with E-state index in [0.717, 1.165) is 4.90 Å². The number of nitrogens with one attached hydrogen (secondary N) is 2. The van der Waals surface area contributed by atoms with Crippen molar-refractivity contribution in [1.29, 1.82) is 0 Å². The Balaban J connectivity index is 1.97. The van der Waals surface area contributed by atoms with Crippen molar-refractivity contribution in [3.63, 3.8) is 0 Å². The number of nitrogens with zero attached hydrogens (tertiary/aromatic N) is 1. The van der Waals surface area contributed by atoms with Crippen LogP contribution in [0.5, 0.6) is 0 Å². The Labute approximate surface area is 120 Å². The van der Waals surface area contributed by atoms with Crippen LogP contribution in [0.25, 0.3) is 0 Å². The monoisotopic (exact) mass is 302 g/mol. The Bertz CT molecular complexity index is 506. The first kappa shape index (κ1) is 15.6. The average Bonchev–Trinajstić information content (AvgIpc) is 2.37. The summed E-state index contributed by atoms with van der Waals surface area (Å²) in [7, 11) is 0. The molecule has 1 amide bonds. The molecule has 116 valence electrons. The molecule has 0 bridgehead atoms. The number of rotatable bonds is 3. The number of hydrogen-bond acceptors (Lipinski definition) is 4. The smallest absolute Gasteiger partial charge is 0.399 e. The second-order valence-electron chi connectivity index (χ2n) is 4.91. The fraction of sp³-hybridized carbons (Fsp3) is 0.462. The van der Waals surface area contributed by atoms with Gasteiger partial charge < -0.3 is 16.4 Å². The van der Waals surface area contributed by atoms with Crippen LogP contribution < -0.4 is 16.4 Å². The SMILES string of the molecule is Nc1cccc(NC(=O)CN2CCNCC2C(F)(F)F)c1. The van der Waals surface area contributed by atoms with Crippen LogP contribution in [0, 0.1) is 0 Å². The molecule has 1 aromatic rings. The molecule has 0 saturated carbocycles. The summed E-state index contributed by atoms with van der Waals surface area (Å²) in [5.74, 6) is -0.489. The molecule has 2 rings (SSSR count). The lowest BCUT2D eigenvalue weighted by Crippen LogP contribution is -2.59. The van der Waals surface area contributed by atoms with Gasteiger partial charge in [0.2, 0.25) is 5.91 Å². The third kappa shape index (κ3) is 4.33. The summed E-state index contributed by atoms with van der Waals surface area (Å²) in [6.45, 7) is 0.0996. The van der Waals surface area contributed by atoms with Crippen LogP contribution >= 0.6 is 0 Å². The zero-order chi connectivity index (χ0) is 15.5. The van der Waals surface area contributed by atoms with Crippen LogP contribution in [-0.4, -0.2) is 49.2 Å². The lowest BCUT2D eigenvalue weighted by atomic mass is 10.2. The topological polar surface area (TPSA) is 70.4 Å². The molecule has 0 spiro atoms. The molecule has 0 radical (unpaired) electrons. The standard InChI is InChI=1S/C13H17F3N4O/c14-13(15,16)11-7-18-4-5-20(11)8-12(21)19-10-3-1-2-9(17)6-10/h1-3,6,11,18H,4-5,7-8,17H2,(H,19,21). The molecule has 1 saturated heterocycles. The highest BCUT2D eigenvalue weighted by Crippen LogP contribution is 2.25. The van der Waals surface area contributed by atoms with Crippen LogP contribution in [-0.2, 0) is 4.79 Å². The highest BCUT2D eigenvalue weighted by molar-refractivity contribution is 5.92. The largest absolute Gasteiger partial charge is 0.405 e. The molecule has 1 aromatic carbocycles. The molecule has 4 N–H and O–H groups in total. The second-order valence-corrected chi connectivity index (χ2v) is 4.91. The number of anilines is 2. The van der Waals surface area contributed by atoms with Crippen molar-refractivity contribution in [2.75, 3.05) is 37.2 Å². The Morgan fingerprint density at radius 1 is 1.48 bits per heavy atom. The zero-order valence-electron chi connectivity index (χ0n) is 11.3. The van der Waals surface area contributed by atoms with Crippen LogP contribution in [0.3, 0.4) is 0 Å². The quantitative estimate of drug-likeness (QED) is 0.730. The lowest BCUT2D eigenvalue weighted by Gasteiger charge is -2.36. The van der Waals surface area contributed by atoms with Crippen LogP contribution in [0.4, 0.5) is 24.5 Å². The first-order valence-corrected chi connectivity index (χ1v) is 6.53. The van der Waals surface area contributed by atoms with E-state index in [1.165, 1.54) is 0 Å². The number of alkyl halides is 3. The summed E-state index contributed by atoms with van der Waals surface area (Å²) in [6, 6.07) is 4.86. The van der Waals surface area contributed by atoms with Crippen molar-refractivity contribution in [2.24, 2.45) is 0 Å². The van der Waals surface area contributed by atoms with Crippen molar-refractivity contribution >= 4 is 17.3 Å². The van der Waals surface area contributed by atoms with E-state index < -0.39 is 18.1 Å². The minimum Gasteiger partial charge on any atom is -0.399 e. The molecule has 0 aromatic heterocycles. The lowest BCUT2D eigenvalue weighted by molar-refractivity contribution is -0.187. The third-order valence-electron chi connectivity index (χ3n) is 3.25. The minimum atomic E-state index is -4.36. The van der Waals surface area contributed by atoms with Gasteiger partial charge in [-0.25, -0.2) is 0 Å². The number of carbonyl (C=O) groups excluding carboxylic acids is 1. The van der Waals surface area contributed by atoms with Crippen molar-refractivity contribution in [2.45, 2.75) is 12.2 Å². The number of nitrogen functional groups attached to an aromatic ring is 1. The third-order valence-corrected chi connectivity index (χ3v) is 3.25. The highest BCUT2D eigenvalue weighted by atomic mass is 19.4. The summed E-state index contributed by atoms with van der Waals surface area (Å²) in [5, 5.41) is 5.25. The number of nitrogens with two attached hydrogens (primary N) is 1. The molecule has 1 heterocycles. The zero-order valence-corrected chi connectivity index (χ0v) is 11.3. The van der Waals surface area contributed by atoms with Gasteiger partial charge in [-0.05, 0) is 18.2 Å². The molecule has 8 heteroatoms. The van der Waals surface area contributed by atoms with Crippen molar-refractivity contribution < 1.29 is 18.0 Å². The molecule has 21 heavy (non-hydrogen) atoms. The van der Waals surface area contributed by atoms with Crippen LogP contribution in [0.1, 0.15) is 0 Å². The van der Waals surface area contributed by atoms with E-state index in [-0.39, 0.29) is 19.6 Å². The highest BCUT2D eigenvalue weighted by Gasteiger charge is 2.44. The molecule has 0 aliphatic carbocycles. The van der Waals surface area contributed by atoms with Gasteiger partial charge in [0.1, 0.15) is 6.04 Å². The molecular formula is C13H17F3N4O. The van der Waals surface area contributed by atoms with Gasteiger partial charge in [0.25, 0.3) is 0 Å². The fourth-order valence-electron chi connectivity index (χ4n) is 2.26. The first-order valence-electron chi connectivity index (χ1n) is 6.53. The fourth-order valence-corrected chi connectivity index (χ4v) is 2.26. The number of piperazine rings is 1. The average molecular weight is 302 g/mol. The molecule has 1 atom stereocenters. The van der Waals surface area contributed by atoms with E-state index in [0.29, 0.717) is 17.9 Å². The number of carbonyl (C=O) groups is 1. The maximum absolute atomic E-state index is 12.9. The van der Waals surface area contributed by atoms with Gasteiger partial charge in [0, 0.05) is 31.0 Å². The van der Waals surface area contributed by atoms with Crippen molar-refractivity contribution in [3.8, 4) is 0 Å². The van der Waals surface area contributed by atoms with E-state index >= 15 is 0 Å². The molecular weight excluding hydrogens is 285 g/mol. The number of hydrogen-bond donors (Lipinski definition) is 3. The van der Waals surface area contributed by atoms with Gasteiger partial charge in [0.05, 0.1) is 6.54 Å². The van der Waals surface area contributed by atoms with E-state index in [1.807, 2.05) is 0 Å². The molecule has 1 fully saturated rings. The summed E-state index contributed by atoms with van der Waals surface area (Å²) >= 11 is 0. The molecule has 1 aliphatic heterocycles. The van der Waals surface area contributed by atoms with Crippen LogP contribution in [0.15, 0.2) is 24.3 Å². The number of benzene rings is 1. The van der Waals surface area contributed by atoms with Crippen molar-refractivity contribution in [1.82, 2.24) is 10.2 Å². The van der Waals surface area contributed by atoms with Crippen molar-refractivity contribution in [3.05, 3.63) is 24.3 Å². The first-order chi connectivity index (χ1) is 9.86. The van der Waals surface area contributed by atoms with Gasteiger partial charge in [-0.2, -0.15) is 13.2 Å². The Kier molecular flexibility index (Phi) is 4.69. The van der Waals surface area contributed by atoms with Crippen LogP contribution in [0.2, 0.25) is 0 Å². The summed E-state index contributed by atoms with van der Waals surface area (Å²) < 4.78 is 38.7. The summed E-state index contributed by atoms with van der Waals surface area (Å²) in [5.41, 5.74) is 6.53. The predicted octanol–water partition coefficient (Wildman–Crippen LogP) is 1.04. The number of amides is 1. The van der Waals surface area contributed by atoms with Gasteiger partial charge in [-0.1, -0.05) is 6.07 Å². The maximum Gasteiger partial charge on any atom is 0.405 e. The van der Waals surface area contributed by atoms with Gasteiger partial charge in [0.15, 0.2) is 0 Å². The molecule has 1 aliphatic rings. The number of halogens is 3. The van der Waals surface area contributed by atoms with E-state index in [1.54, 1.807) is 24.3 Å². The Hall–Kier alpha value is -1.80. The van der Waals surface area contributed by atoms with E-state index in [2.05, 4.69) is 10.6 Å². The molecule has 1 unspecified atom stereocenters. The summed E-state index contributed by atoms with van der Waals surface area (Å²) in [4.78, 5) is 13.0. The Morgan fingerprint density at radius 3 is 2.90 bits per heavy atom. The Morgan fingerprint density at radius 2 is 2.24 bits per heavy atom. The minimum absolute atomic E-state index is 0.175. The predicted molar refractivity (Wildman–Crippen MR) is 73.8 cm³/mol. The van der Waals surface area contributed by atoms with Gasteiger partial charge >= 0.3 is 6.18 Å².